The summed E-state index contributed by atoms with van der Waals surface area (Å²) in [6, 6.07) is 0. The zero-order valence-electron chi connectivity index (χ0n) is 27.9. The van der Waals surface area contributed by atoms with Crippen LogP contribution < -0.4 is 11.2 Å². The van der Waals surface area contributed by atoms with Crippen molar-refractivity contribution in [3.63, 3.8) is 0 Å². The Kier molecular flexibility index (Phi) is 13.4. The third kappa shape index (κ3) is 9.60. The minimum absolute atomic E-state index is 0.0456. The van der Waals surface area contributed by atoms with Crippen LogP contribution in [0.25, 0.3) is 0 Å². The average molecular weight is 631 g/mol. The molecular weight excluding hydrogens is 575 g/mol. The maximum Gasteiger partial charge on any atom is 0.333 e. The number of fused-ring (bicyclic) bond motifs is 1. The van der Waals surface area contributed by atoms with Gasteiger partial charge in [-0.2, -0.15) is 4.39 Å². The second kappa shape index (κ2) is 17.0. The van der Waals surface area contributed by atoms with E-state index < -0.39 is 47.4 Å². The third-order valence-electron chi connectivity index (χ3n) is 9.46. The van der Waals surface area contributed by atoms with Gasteiger partial charge >= 0.3 is 5.69 Å². The van der Waals surface area contributed by atoms with Crippen molar-refractivity contribution in [2.75, 3.05) is 6.61 Å². The number of aromatic nitrogens is 2. The van der Waals surface area contributed by atoms with Gasteiger partial charge in [-0.1, -0.05) is 79.9 Å². The number of rotatable bonds is 10. The Morgan fingerprint density at radius 1 is 0.867 bits per heavy atom. The molecule has 4 rings (SSSR count). The van der Waals surface area contributed by atoms with Crippen molar-refractivity contribution in [3.05, 3.63) is 67.8 Å². The zero-order valence-corrected chi connectivity index (χ0v) is 27.9. The number of hydrogen-bond donors (Lipinski definition) is 1. The highest BCUT2D eigenvalue weighted by Crippen LogP contribution is 2.47. The second-order valence-electron chi connectivity index (χ2n) is 13.5. The fourth-order valence-corrected chi connectivity index (χ4v) is 6.77. The van der Waals surface area contributed by atoms with Crippen molar-refractivity contribution >= 4 is 0 Å². The monoisotopic (exact) mass is 630 g/mol. The summed E-state index contributed by atoms with van der Waals surface area (Å²) in [5.41, 5.74) is 2.02. The molecule has 1 N–H and O–H groups in total. The number of aliphatic hydroxyl groups excluding tert-OH is 1. The smallest absolute Gasteiger partial charge is 0.333 e. The Labute approximate surface area is 268 Å². The van der Waals surface area contributed by atoms with Crippen molar-refractivity contribution < 1.29 is 23.7 Å². The lowest BCUT2D eigenvalue weighted by molar-refractivity contribution is -0.228. The van der Waals surface area contributed by atoms with E-state index in [4.69, 9.17) is 14.2 Å². The molecule has 1 aromatic rings. The van der Waals surface area contributed by atoms with Gasteiger partial charge in [-0.3, -0.25) is 13.9 Å². The summed E-state index contributed by atoms with van der Waals surface area (Å²) in [5, 5.41) is 10.2. The van der Waals surface area contributed by atoms with Gasteiger partial charge in [0.15, 0.2) is 12.0 Å². The number of ether oxygens (including phenoxy) is 3. The molecule has 252 valence electrons. The molecule has 1 saturated carbocycles. The van der Waals surface area contributed by atoms with Crippen molar-refractivity contribution in [1.82, 2.24) is 9.13 Å². The van der Waals surface area contributed by atoms with Gasteiger partial charge in [-0.15, -0.1) is 0 Å². The summed E-state index contributed by atoms with van der Waals surface area (Å²) in [6.07, 6.45) is 19.5. The van der Waals surface area contributed by atoms with Crippen LogP contribution in [0.1, 0.15) is 130 Å². The Morgan fingerprint density at radius 3 is 2.02 bits per heavy atom. The topological polar surface area (TPSA) is 91.9 Å². The highest BCUT2D eigenvalue weighted by molar-refractivity contribution is 5.07. The van der Waals surface area contributed by atoms with Crippen LogP contribution in [0.15, 0.2) is 50.7 Å². The second-order valence-corrected chi connectivity index (χ2v) is 13.5. The van der Waals surface area contributed by atoms with Crippen molar-refractivity contribution in [3.8, 4) is 0 Å². The molecule has 3 fully saturated rings. The molecule has 2 aliphatic heterocycles. The number of nitrogens with zero attached hydrogens (tertiary/aromatic N) is 2. The van der Waals surface area contributed by atoms with Crippen molar-refractivity contribution in [2.24, 2.45) is 0 Å². The molecule has 1 aliphatic carbocycles. The fraction of sp³-hybridized carbons (Fsp3) is 0.722. The normalized spacial score (nSPS) is 26.4. The highest BCUT2D eigenvalue weighted by atomic mass is 19.1. The Hall–Kier alpha value is -2.33. The number of halogens is 1. The van der Waals surface area contributed by atoms with E-state index in [0.29, 0.717) is 0 Å². The van der Waals surface area contributed by atoms with E-state index in [-0.39, 0.29) is 13.2 Å². The molecule has 0 bridgehead atoms. The lowest BCUT2D eigenvalue weighted by atomic mass is 9.97. The van der Waals surface area contributed by atoms with Crippen LogP contribution in [0.5, 0.6) is 0 Å². The van der Waals surface area contributed by atoms with Crippen molar-refractivity contribution in [1.29, 1.82) is 0 Å². The standard InChI is InChI=1S/C36H55FN2O6/c1-26(2)16-14-17-27(3)18-15-19-28(4)20-23-38-33(41)29(37)24-39(35(38)42)34-32-31(30(25-40)43-34)44-36(45-32)21-12-10-8-6-5-7-9-11-13-22-36/h16,18,20,24,30-32,34,40H,5-15,17,19,21-23,25H2,1-4H3/b27-18+,28-20+/t30-,31?,32?,34-/m1/s1. The van der Waals surface area contributed by atoms with E-state index in [9.17, 15) is 14.7 Å². The Bertz CT molecular complexity index is 1310. The molecule has 1 spiro atoms. The summed E-state index contributed by atoms with van der Waals surface area (Å²) in [5.74, 6) is -1.86. The summed E-state index contributed by atoms with van der Waals surface area (Å²) in [6.45, 7) is 7.92. The first-order valence-corrected chi connectivity index (χ1v) is 17.2. The van der Waals surface area contributed by atoms with Gasteiger partial charge in [0.25, 0.3) is 5.56 Å². The largest absolute Gasteiger partial charge is 0.394 e. The van der Waals surface area contributed by atoms with Crippen molar-refractivity contribution in [2.45, 2.75) is 161 Å². The van der Waals surface area contributed by atoms with Gasteiger partial charge in [-0.25, -0.2) is 4.79 Å². The minimum Gasteiger partial charge on any atom is -0.394 e. The third-order valence-corrected chi connectivity index (χ3v) is 9.46. The van der Waals surface area contributed by atoms with E-state index in [0.717, 1.165) is 85.1 Å². The van der Waals surface area contributed by atoms with E-state index in [2.05, 4.69) is 32.9 Å². The molecule has 0 amide bonds. The van der Waals surface area contributed by atoms with Gasteiger partial charge < -0.3 is 19.3 Å². The molecule has 3 aliphatic rings. The first kappa shape index (κ1) is 35.5. The quantitative estimate of drug-likeness (QED) is 0.274. The predicted molar refractivity (Wildman–Crippen MR) is 175 cm³/mol. The van der Waals surface area contributed by atoms with E-state index in [1.165, 1.54) is 43.3 Å². The first-order chi connectivity index (χ1) is 21.6. The predicted octanol–water partition coefficient (Wildman–Crippen LogP) is 7.24. The molecule has 9 heteroatoms. The first-order valence-electron chi connectivity index (χ1n) is 17.2. The maximum absolute atomic E-state index is 15.1. The molecule has 8 nitrogen and oxygen atoms in total. The number of hydrogen-bond acceptors (Lipinski definition) is 6. The van der Waals surface area contributed by atoms with Crippen LogP contribution in [0.3, 0.4) is 0 Å². The summed E-state index contributed by atoms with van der Waals surface area (Å²) >= 11 is 0. The van der Waals surface area contributed by atoms with Crippen LogP contribution in [-0.4, -0.2) is 44.9 Å². The van der Waals surface area contributed by atoms with Crippen LogP contribution >= 0.6 is 0 Å². The Balaban J connectivity index is 1.49. The highest BCUT2D eigenvalue weighted by Gasteiger charge is 2.58. The number of aliphatic hydroxyl groups is 1. The average Bonchev–Trinajstić information content (AvgIpc) is 3.52. The molecule has 3 heterocycles. The van der Waals surface area contributed by atoms with Crippen LogP contribution in [-0.2, 0) is 20.8 Å². The molecule has 45 heavy (non-hydrogen) atoms. The molecule has 0 radical (unpaired) electrons. The summed E-state index contributed by atoms with van der Waals surface area (Å²) in [7, 11) is 0. The maximum atomic E-state index is 15.1. The molecular formula is C36H55FN2O6. The van der Waals surface area contributed by atoms with Gasteiger partial charge in [0.2, 0.25) is 5.82 Å². The summed E-state index contributed by atoms with van der Waals surface area (Å²) in [4.78, 5) is 26.5. The Morgan fingerprint density at radius 2 is 1.42 bits per heavy atom. The number of allylic oxidation sites excluding steroid dienone is 6. The lowest BCUT2D eigenvalue weighted by Crippen LogP contribution is -2.44. The van der Waals surface area contributed by atoms with Gasteiger partial charge in [0.05, 0.1) is 12.8 Å². The van der Waals surface area contributed by atoms with Gasteiger partial charge in [0.1, 0.15) is 18.3 Å². The fourth-order valence-electron chi connectivity index (χ4n) is 6.77. The molecule has 2 saturated heterocycles. The van der Waals surface area contributed by atoms with Gasteiger partial charge in [-0.05, 0) is 66.2 Å². The van der Waals surface area contributed by atoms with E-state index in [1.807, 2.05) is 13.0 Å². The minimum atomic E-state index is -1.04. The van der Waals surface area contributed by atoms with Crippen LogP contribution in [0, 0.1) is 5.82 Å². The van der Waals surface area contributed by atoms with E-state index in [1.54, 1.807) is 0 Å². The van der Waals surface area contributed by atoms with E-state index >= 15 is 4.39 Å². The molecule has 0 aromatic carbocycles. The van der Waals surface area contributed by atoms with Crippen LogP contribution in [0.2, 0.25) is 0 Å². The van der Waals surface area contributed by atoms with Gasteiger partial charge in [0, 0.05) is 19.4 Å². The zero-order chi connectivity index (χ0) is 32.4. The molecule has 1 aromatic heterocycles. The summed E-state index contributed by atoms with van der Waals surface area (Å²) < 4.78 is 36.3. The lowest BCUT2D eigenvalue weighted by Gasteiger charge is -2.32. The molecule has 2 unspecified atom stereocenters. The molecule has 4 atom stereocenters. The SMILES string of the molecule is CC(C)=CCC/C(C)=C/CC/C(C)=C/Cn1c(=O)c(F)cn([C@@H]2O[C@H](CO)C3OC4(CCCCCCCCCCC4)OC32)c1=O. The van der Waals surface area contributed by atoms with Crippen LogP contribution in [0.4, 0.5) is 4.39 Å².